The van der Waals surface area contributed by atoms with E-state index in [2.05, 4.69) is 4.99 Å². The van der Waals surface area contributed by atoms with Gasteiger partial charge >= 0.3 is 6.18 Å². The van der Waals surface area contributed by atoms with Crippen LogP contribution in [0.3, 0.4) is 0 Å². The number of hydrogen-bond donors (Lipinski definition) is 0. The molecule has 2 nitrogen and oxygen atoms in total. The lowest BCUT2D eigenvalue weighted by Crippen LogP contribution is -2.30. The normalized spacial score (nSPS) is 13.5. The second-order valence-corrected chi connectivity index (χ2v) is 5.24. The van der Waals surface area contributed by atoms with Gasteiger partial charge < -0.3 is 0 Å². The SMILES string of the molecule is CC(C)(C)C(=O)CC(=Nc1ccccc1)C(F)(F)F. The molecular formula is C14H16F3NO. The van der Waals surface area contributed by atoms with Gasteiger partial charge in [0.25, 0.3) is 0 Å². The number of halogens is 3. The third-order valence-corrected chi connectivity index (χ3v) is 2.51. The molecule has 0 bridgehead atoms. The highest BCUT2D eigenvalue weighted by Crippen LogP contribution is 2.26. The van der Waals surface area contributed by atoms with E-state index in [1.807, 2.05) is 0 Å². The number of benzene rings is 1. The monoisotopic (exact) mass is 271 g/mol. The first-order valence-electron chi connectivity index (χ1n) is 5.84. The second-order valence-electron chi connectivity index (χ2n) is 5.24. The number of Topliss-reactive ketones (excluding diaryl/α,β-unsaturated/α-hetero) is 1. The number of nitrogens with zero attached hydrogens (tertiary/aromatic N) is 1. The molecule has 1 rings (SSSR count). The average molecular weight is 271 g/mol. The van der Waals surface area contributed by atoms with Crippen LogP contribution in [0.25, 0.3) is 0 Å². The fourth-order valence-electron chi connectivity index (χ4n) is 1.28. The molecule has 0 aromatic heterocycles. The zero-order valence-corrected chi connectivity index (χ0v) is 11.1. The summed E-state index contributed by atoms with van der Waals surface area (Å²) in [7, 11) is 0. The maximum absolute atomic E-state index is 12.9. The maximum Gasteiger partial charge on any atom is 0.429 e. The van der Waals surface area contributed by atoms with Crippen molar-refractivity contribution in [2.75, 3.05) is 0 Å². The van der Waals surface area contributed by atoms with Crippen molar-refractivity contribution in [2.24, 2.45) is 10.4 Å². The highest BCUT2D eigenvalue weighted by Gasteiger charge is 2.38. The molecule has 104 valence electrons. The summed E-state index contributed by atoms with van der Waals surface area (Å²) in [6, 6.07) is 7.81. The van der Waals surface area contributed by atoms with Crippen molar-refractivity contribution in [3.05, 3.63) is 30.3 Å². The summed E-state index contributed by atoms with van der Waals surface area (Å²) in [4.78, 5) is 15.3. The topological polar surface area (TPSA) is 29.4 Å². The zero-order valence-electron chi connectivity index (χ0n) is 11.1. The molecule has 19 heavy (non-hydrogen) atoms. The summed E-state index contributed by atoms with van der Waals surface area (Å²) in [5.74, 6) is -0.487. The number of carbonyl (C=O) groups excluding carboxylic acids is 1. The number of rotatable bonds is 3. The van der Waals surface area contributed by atoms with Crippen LogP contribution < -0.4 is 0 Å². The molecular weight excluding hydrogens is 255 g/mol. The molecule has 1 aromatic rings. The van der Waals surface area contributed by atoms with E-state index in [1.54, 1.807) is 39.0 Å². The molecule has 1 aromatic carbocycles. The van der Waals surface area contributed by atoms with Gasteiger partial charge in [-0.15, -0.1) is 0 Å². The van der Waals surface area contributed by atoms with Gasteiger partial charge in [-0.05, 0) is 12.1 Å². The summed E-state index contributed by atoms with van der Waals surface area (Å²) >= 11 is 0. The van der Waals surface area contributed by atoms with E-state index in [9.17, 15) is 18.0 Å². The van der Waals surface area contributed by atoms with E-state index in [0.717, 1.165) is 0 Å². The predicted octanol–water partition coefficient (Wildman–Crippen LogP) is 4.33. The molecule has 0 radical (unpaired) electrons. The molecule has 0 heterocycles. The summed E-state index contributed by atoms with van der Waals surface area (Å²) in [6.07, 6.45) is -5.31. The number of aliphatic imine (C=N–C) groups is 1. The Morgan fingerprint density at radius 3 is 2.05 bits per heavy atom. The van der Waals surface area contributed by atoms with Crippen LogP contribution in [-0.4, -0.2) is 17.7 Å². The molecule has 0 spiro atoms. The first-order valence-corrected chi connectivity index (χ1v) is 5.84. The molecule has 0 aliphatic heterocycles. The molecule has 0 aliphatic carbocycles. The minimum atomic E-state index is -4.60. The first kappa shape index (κ1) is 15.4. The van der Waals surface area contributed by atoms with Gasteiger partial charge in [0, 0.05) is 5.41 Å². The lowest BCUT2D eigenvalue weighted by molar-refractivity contribution is -0.126. The van der Waals surface area contributed by atoms with Gasteiger partial charge in [0.1, 0.15) is 11.5 Å². The van der Waals surface area contributed by atoms with E-state index in [4.69, 9.17) is 0 Å². The van der Waals surface area contributed by atoms with Crippen LogP contribution in [0.4, 0.5) is 18.9 Å². The average Bonchev–Trinajstić information content (AvgIpc) is 2.27. The quantitative estimate of drug-likeness (QED) is 0.752. The lowest BCUT2D eigenvalue weighted by atomic mass is 9.87. The largest absolute Gasteiger partial charge is 0.429 e. The molecule has 0 N–H and O–H groups in total. The minimum Gasteiger partial charge on any atom is -0.299 e. The highest BCUT2D eigenvalue weighted by molar-refractivity contribution is 6.07. The Balaban J connectivity index is 3.05. The van der Waals surface area contributed by atoms with Gasteiger partial charge in [-0.1, -0.05) is 39.0 Å². The minimum absolute atomic E-state index is 0.191. The molecule has 0 aliphatic rings. The van der Waals surface area contributed by atoms with Gasteiger partial charge in [-0.25, -0.2) is 4.99 Å². The van der Waals surface area contributed by atoms with Gasteiger partial charge in [0.05, 0.1) is 12.1 Å². The van der Waals surface area contributed by atoms with E-state index < -0.39 is 29.5 Å². The number of alkyl halides is 3. The first-order chi connectivity index (χ1) is 8.60. The van der Waals surface area contributed by atoms with Crippen LogP contribution in [-0.2, 0) is 4.79 Å². The molecule has 5 heteroatoms. The number of ketones is 1. The van der Waals surface area contributed by atoms with Gasteiger partial charge in [0.2, 0.25) is 0 Å². The van der Waals surface area contributed by atoms with Crippen molar-refractivity contribution < 1.29 is 18.0 Å². The van der Waals surface area contributed by atoms with Crippen LogP contribution in [0.1, 0.15) is 27.2 Å². The Labute approximate surface area is 110 Å². The van der Waals surface area contributed by atoms with Crippen molar-refractivity contribution in [3.63, 3.8) is 0 Å². The summed E-state index contributed by atoms with van der Waals surface area (Å²) in [6.45, 7) is 4.77. The zero-order chi connectivity index (χ0) is 14.7. The fraction of sp³-hybridized carbons (Fsp3) is 0.429. The summed E-state index contributed by atoms with van der Waals surface area (Å²) in [5.41, 5.74) is -1.68. The van der Waals surface area contributed by atoms with E-state index in [1.165, 1.54) is 12.1 Å². The molecule has 0 fully saturated rings. The van der Waals surface area contributed by atoms with Crippen LogP contribution in [0.2, 0.25) is 0 Å². The van der Waals surface area contributed by atoms with Gasteiger partial charge in [0.15, 0.2) is 0 Å². The third-order valence-electron chi connectivity index (χ3n) is 2.51. The number of carbonyl (C=O) groups is 1. The molecule has 0 amide bonds. The molecule has 0 saturated carbocycles. The Bertz CT molecular complexity index is 470. The smallest absolute Gasteiger partial charge is 0.299 e. The summed E-state index contributed by atoms with van der Waals surface area (Å²) in [5, 5.41) is 0. The Morgan fingerprint density at radius 1 is 1.11 bits per heavy atom. The molecule has 0 saturated heterocycles. The standard InChI is InChI=1S/C14H16F3NO/c1-13(2,3)12(19)9-11(14(15,16)17)18-10-7-5-4-6-8-10/h4-8H,9H2,1-3H3. The Hall–Kier alpha value is -1.65. The van der Waals surface area contributed by atoms with E-state index in [-0.39, 0.29) is 5.69 Å². The second kappa shape index (κ2) is 5.55. The van der Waals surface area contributed by atoms with Crippen LogP contribution in [0, 0.1) is 5.41 Å². The lowest BCUT2D eigenvalue weighted by Gasteiger charge is -2.18. The van der Waals surface area contributed by atoms with Crippen molar-refractivity contribution in [3.8, 4) is 0 Å². The fourth-order valence-corrected chi connectivity index (χ4v) is 1.28. The van der Waals surface area contributed by atoms with Crippen molar-refractivity contribution in [1.82, 2.24) is 0 Å². The van der Waals surface area contributed by atoms with Crippen LogP contribution >= 0.6 is 0 Å². The van der Waals surface area contributed by atoms with E-state index in [0.29, 0.717) is 0 Å². The van der Waals surface area contributed by atoms with Crippen molar-refractivity contribution in [2.45, 2.75) is 33.4 Å². The predicted molar refractivity (Wildman–Crippen MR) is 68.7 cm³/mol. The molecule has 0 unspecified atom stereocenters. The summed E-state index contributed by atoms with van der Waals surface area (Å²) < 4.78 is 38.6. The van der Waals surface area contributed by atoms with Crippen LogP contribution in [0.15, 0.2) is 35.3 Å². The Kier molecular flexibility index (Phi) is 4.50. The number of hydrogen-bond acceptors (Lipinski definition) is 2. The highest BCUT2D eigenvalue weighted by atomic mass is 19.4. The van der Waals surface area contributed by atoms with Crippen molar-refractivity contribution >= 4 is 17.2 Å². The van der Waals surface area contributed by atoms with Gasteiger partial charge in [-0.2, -0.15) is 13.2 Å². The maximum atomic E-state index is 12.9. The van der Waals surface area contributed by atoms with Gasteiger partial charge in [-0.3, -0.25) is 4.79 Å². The Morgan fingerprint density at radius 2 is 1.63 bits per heavy atom. The third kappa shape index (κ3) is 4.85. The molecule has 0 atom stereocenters. The number of para-hydroxylation sites is 1. The van der Waals surface area contributed by atoms with Crippen LogP contribution in [0.5, 0.6) is 0 Å². The van der Waals surface area contributed by atoms with Crippen molar-refractivity contribution in [1.29, 1.82) is 0 Å². The van der Waals surface area contributed by atoms with E-state index >= 15 is 0 Å².